The molecule has 0 bridgehead atoms. The molecule has 0 aromatic carbocycles. The van der Waals surface area contributed by atoms with Crippen molar-refractivity contribution in [1.29, 1.82) is 0 Å². The minimum atomic E-state index is -0.745. The van der Waals surface area contributed by atoms with Gasteiger partial charge in [-0.05, 0) is 19.5 Å². The van der Waals surface area contributed by atoms with Crippen LogP contribution in [0.5, 0.6) is 0 Å². The molecule has 0 aromatic rings. The van der Waals surface area contributed by atoms with E-state index in [9.17, 15) is 14.4 Å². The molecule has 0 aromatic heterocycles. The molecule has 5 N–H and O–H groups in total. The predicted molar refractivity (Wildman–Crippen MR) is 70.9 cm³/mol. The van der Waals surface area contributed by atoms with E-state index in [1.165, 1.54) is 0 Å². The quantitative estimate of drug-likeness (QED) is 0.565. The van der Waals surface area contributed by atoms with E-state index >= 15 is 0 Å². The number of carboxylic acids is 2. The Balaban J connectivity index is 0. The second-order valence-electron chi connectivity index (χ2n) is 3.79. The van der Waals surface area contributed by atoms with E-state index in [2.05, 4.69) is 5.32 Å². The van der Waals surface area contributed by atoms with E-state index < -0.39 is 11.9 Å². The number of nitrogens with two attached hydrogens (primary N) is 1. The summed E-state index contributed by atoms with van der Waals surface area (Å²) < 4.78 is 0. The summed E-state index contributed by atoms with van der Waals surface area (Å²) in [6.45, 7) is 4.67. The first-order valence-electron chi connectivity index (χ1n) is 6.28. The summed E-state index contributed by atoms with van der Waals surface area (Å²) in [5.41, 5.74) is 5.20. The van der Waals surface area contributed by atoms with Crippen LogP contribution in [0.2, 0.25) is 0 Å². The molecule has 112 valence electrons. The summed E-state index contributed by atoms with van der Waals surface area (Å²) in [6.07, 6.45) is 1.97. The van der Waals surface area contributed by atoms with Crippen molar-refractivity contribution in [2.75, 3.05) is 13.1 Å². The van der Waals surface area contributed by atoms with E-state index in [1.807, 2.05) is 0 Å². The van der Waals surface area contributed by atoms with Crippen LogP contribution in [0.15, 0.2) is 0 Å². The highest BCUT2D eigenvalue weighted by atomic mass is 16.4. The van der Waals surface area contributed by atoms with Crippen molar-refractivity contribution >= 4 is 17.7 Å². The van der Waals surface area contributed by atoms with E-state index in [0.29, 0.717) is 13.0 Å². The molecule has 1 atom stereocenters. The monoisotopic (exact) mass is 276 g/mol. The smallest absolute Gasteiger partial charge is 0.303 e. The van der Waals surface area contributed by atoms with Crippen LogP contribution in [0.1, 0.15) is 39.5 Å². The van der Waals surface area contributed by atoms with Gasteiger partial charge in [0, 0.05) is 19.3 Å². The van der Waals surface area contributed by atoms with E-state index in [-0.39, 0.29) is 24.7 Å². The van der Waals surface area contributed by atoms with Gasteiger partial charge >= 0.3 is 11.9 Å². The van der Waals surface area contributed by atoms with Crippen LogP contribution in [-0.4, -0.2) is 47.1 Å². The van der Waals surface area contributed by atoms with Crippen molar-refractivity contribution in [3.63, 3.8) is 0 Å². The first-order valence-corrected chi connectivity index (χ1v) is 6.28. The molecule has 19 heavy (non-hydrogen) atoms. The highest BCUT2D eigenvalue weighted by molar-refractivity contribution is 5.84. The Morgan fingerprint density at radius 2 is 1.53 bits per heavy atom. The third-order valence-electron chi connectivity index (χ3n) is 2.21. The Morgan fingerprint density at radius 3 is 1.68 bits per heavy atom. The Kier molecular flexibility index (Phi) is 13.6. The van der Waals surface area contributed by atoms with E-state index in [4.69, 9.17) is 15.9 Å². The molecule has 1 aliphatic rings. The van der Waals surface area contributed by atoms with Crippen LogP contribution >= 0.6 is 0 Å². The lowest BCUT2D eigenvalue weighted by Crippen LogP contribution is -2.48. The zero-order valence-electron chi connectivity index (χ0n) is 11.5. The fraction of sp³-hybridized carbons (Fsp3) is 0.750. The number of ketones is 1. The Bertz CT molecular complexity index is 263. The maximum absolute atomic E-state index is 10.9. The molecule has 1 aliphatic heterocycles. The molecule has 0 spiro atoms. The molecule has 7 heteroatoms. The van der Waals surface area contributed by atoms with Gasteiger partial charge < -0.3 is 21.3 Å². The molecular formula is C12H24N2O5. The summed E-state index contributed by atoms with van der Waals surface area (Å²) in [7, 11) is 0. The van der Waals surface area contributed by atoms with Crippen LogP contribution in [0.25, 0.3) is 0 Å². The standard InChI is InChI=1S/C6H12N2O.2C3H6O2/c7-3-1-6(9)5-2-4-8-5;2*1-2-3(4)5/h5,8H,1-4,7H2;2*2H2,1H3,(H,4,5). The van der Waals surface area contributed by atoms with Crippen LogP contribution in [0.4, 0.5) is 0 Å². The fourth-order valence-corrected chi connectivity index (χ4v) is 0.880. The van der Waals surface area contributed by atoms with Gasteiger partial charge in [0.25, 0.3) is 0 Å². The van der Waals surface area contributed by atoms with Gasteiger partial charge in [-0.3, -0.25) is 14.4 Å². The van der Waals surface area contributed by atoms with Crippen LogP contribution in [-0.2, 0) is 14.4 Å². The molecule has 1 rings (SSSR count). The Hall–Kier alpha value is -1.47. The van der Waals surface area contributed by atoms with Crippen molar-refractivity contribution < 1.29 is 24.6 Å². The number of rotatable bonds is 5. The van der Waals surface area contributed by atoms with Crippen molar-refractivity contribution in [2.24, 2.45) is 5.73 Å². The van der Waals surface area contributed by atoms with Crippen molar-refractivity contribution in [2.45, 2.75) is 45.6 Å². The van der Waals surface area contributed by atoms with Gasteiger partial charge in [-0.25, -0.2) is 0 Å². The zero-order chi connectivity index (χ0) is 15.3. The molecule has 1 saturated heterocycles. The average Bonchev–Trinajstić information content (AvgIpc) is 2.28. The third-order valence-corrected chi connectivity index (χ3v) is 2.21. The first-order chi connectivity index (χ1) is 8.88. The van der Waals surface area contributed by atoms with Gasteiger partial charge in [0.1, 0.15) is 0 Å². The number of carbonyl (C=O) groups excluding carboxylic acids is 1. The lowest BCUT2D eigenvalue weighted by Gasteiger charge is -2.25. The number of carboxylic acid groups (broad SMARTS) is 2. The summed E-state index contributed by atoms with van der Waals surface area (Å²) >= 11 is 0. The number of nitrogens with one attached hydrogen (secondary N) is 1. The van der Waals surface area contributed by atoms with Gasteiger partial charge in [-0.15, -0.1) is 0 Å². The summed E-state index contributed by atoms with van der Waals surface area (Å²) in [5, 5.41) is 18.5. The predicted octanol–water partition coefficient (Wildman–Crippen LogP) is 0.228. The SMILES string of the molecule is CCC(=O)O.CCC(=O)O.NCCC(=O)C1CCN1. The largest absolute Gasteiger partial charge is 0.481 e. The molecule has 1 heterocycles. The third kappa shape index (κ3) is 14.5. The Labute approximate surface area is 113 Å². The normalized spacial score (nSPS) is 15.8. The summed E-state index contributed by atoms with van der Waals surface area (Å²) in [6, 6.07) is 0.133. The van der Waals surface area contributed by atoms with E-state index in [0.717, 1.165) is 13.0 Å². The highest BCUT2D eigenvalue weighted by Crippen LogP contribution is 2.03. The van der Waals surface area contributed by atoms with Crippen LogP contribution in [0, 0.1) is 0 Å². The maximum atomic E-state index is 10.9. The minimum absolute atomic E-state index is 0.133. The zero-order valence-corrected chi connectivity index (χ0v) is 11.5. The molecular weight excluding hydrogens is 252 g/mol. The molecule has 0 amide bonds. The van der Waals surface area contributed by atoms with Crippen LogP contribution < -0.4 is 11.1 Å². The number of hydrogen-bond donors (Lipinski definition) is 4. The fourth-order valence-electron chi connectivity index (χ4n) is 0.880. The van der Waals surface area contributed by atoms with E-state index in [1.54, 1.807) is 13.8 Å². The number of hydrogen-bond acceptors (Lipinski definition) is 5. The lowest BCUT2D eigenvalue weighted by molar-refractivity contribution is -0.137. The molecule has 1 fully saturated rings. The molecule has 0 radical (unpaired) electrons. The van der Waals surface area contributed by atoms with Gasteiger partial charge in [-0.1, -0.05) is 13.8 Å². The van der Waals surface area contributed by atoms with Crippen molar-refractivity contribution in [1.82, 2.24) is 5.32 Å². The second-order valence-corrected chi connectivity index (χ2v) is 3.79. The van der Waals surface area contributed by atoms with Crippen molar-refractivity contribution in [3.8, 4) is 0 Å². The average molecular weight is 276 g/mol. The number of aliphatic carboxylic acids is 2. The summed E-state index contributed by atoms with van der Waals surface area (Å²) in [5.74, 6) is -1.22. The lowest BCUT2D eigenvalue weighted by atomic mass is 10.0. The van der Waals surface area contributed by atoms with Crippen LogP contribution in [0.3, 0.4) is 0 Å². The molecule has 0 saturated carbocycles. The minimum Gasteiger partial charge on any atom is -0.481 e. The second kappa shape index (κ2) is 13.0. The highest BCUT2D eigenvalue weighted by Gasteiger charge is 2.22. The number of Topliss-reactive ketones (excluding diaryl/α,β-unsaturated/α-hetero) is 1. The topological polar surface area (TPSA) is 130 Å². The number of carbonyl (C=O) groups is 3. The van der Waals surface area contributed by atoms with Gasteiger partial charge in [-0.2, -0.15) is 0 Å². The van der Waals surface area contributed by atoms with Gasteiger partial charge in [0.05, 0.1) is 6.04 Å². The first kappa shape index (κ1) is 19.9. The maximum Gasteiger partial charge on any atom is 0.303 e. The Morgan fingerprint density at radius 1 is 1.16 bits per heavy atom. The van der Waals surface area contributed by atoms with Gasteiger partial charge in [0.2, 0.25) is 0 Å². The summed E-state index contributed by atoms with van der Waals surface area (Å²) in [4.78, 5) is 29.6. The molecule has 1 unspecified atom stereocenters. The van der Waals surface area contributed by atoms with Crippen molar-refractivity contribution in [3.05, 3.63) is 0 Å². The molecule has 0 aliphatic carbocycles. The van der Waals surface area contributed by atoms with Gasteiger partial charge in [0.15, 0.2) is 5.78 Å². The molecule has 7 nitrogen and oxygen atoms in total.